The second-order valence-corrected chi connectivity index (χ2v) is 6.37. The molecule has 3 atom stereocenters. The van der Waals surface area contributed by atoms with Crippen LogP contribution in [0.3, 0.4) is 0 Å². The molecule has 4 heteroatoms. The number of nitrogens with two attached hydrogens (primary N) is 1. The number of amides is 1. The molecule has 3 N–H and O–H groups in total. The lowest BCUT2D eigenvalue weighted by Crippen LogP contribution is -2.53. The average Bonchev–Trinajstić information content (AvgIpc) is 2.63. The SMILES string of the molecule is CCNC(C)(CCCCN1CC(C)CC1C)C(N)=O. The number of likely N-dealkylation sites (tertiary alicyclic amines) is 1. The smallest absolute Gasteiger partial charge is 0.237 e. The highest BCUT2D eigenvalue weighted by Gasteiger charge is 2.29. The first-order valence-electron chi connectivity index (χ1n) is 7.68. The largest absolute Gasteiger partial charge is 0.368 e. The van der Waals surface area contributed by atoms with Crippen molar-refractivity contribution in [3.63, 3.8) is 0 Å². The fourth-order valence-corrected chi connectivity index (χ4v) is 3.18. The molecule has 4 nitrogen and oxygen atoms in total. The van der Waals surface area contributed by atoms with Gasteiger partial charge in [-0.2, -0.15) is 0 Å². The molecule has 1 rings (SSSR count). The summed E-state index contributed by atoms with van der Waals surface area (Å²) >= 11 is 0. The maximum atomic E-state index is 11.5. The van der Waals surface area contributed by atoms with Gasteiger partial charge in [0.15, 0.2) is 0 Å². The van der Waals surface area contributed by atoms with Gasteiger partial charge in [-0.1, -0.05) is 13.8 Å². The van der Waals surface area contributed by atoms with E-state index in [1.807, 2.05) is 13.8 Å². The minimum Gasteiger partial charge on any atom is -0.368 e. The fourth-order valence-electron chi connectivity index (χ4n) is 3.18. The van der Waals surface area contributed by atoms with E-state index in [1.165, 1.54) is 13.0 Å². The molecule has 0 spiro atoms. The Bertz CT molecular complexity index is 295. The Labute approximate surface area is 118 Å². The van der Waals surface area contributed by atoms with Crippen LogP contribution in [-0.2, 0) is 4.79 Å². The zero-order valence-corrected chi connectivity index (χ0v) is 13.0. The normalized spacial score (nSPS) is 27.4. The summed E-state index contributed by atoms with van der Waals surface area (Å²) in [6.07, 6.45) is 4.33. The third-order valence-corrected chi connectivity index (χ3v) is 4.40. The van der Waals surface area contributed by atoms with Crippen LogP contribution in [0.5, 0.6) is 0 Å². The van der Waals surface area contributed by atoms with E-state index in [9.17, 15) is 4.79 Å². The van der Waals surface area contributed by atoms with Gasteiger partial charge >= 0.3 is 0 Å². The van der Waals surface area contributed by atoms with Crippen molar-refractivity contribution in [3.8, 4) is 0 Å². The van der Waals surface area contributed by atoms with Gasteiger partial charge in [-0.05, 0) is 58.5 Å². The van der Waals surface area contributed by atoms with Crippen LogP contribution in [0, 0.1) is 5.92 Å². The van der Waals surface area contributed by atoms with E-state index in [2.05, 4.69) is 24.1 Å². The lowest BCUT2D eigenvalue weighted by Gasteiger charge is -2.27. The Hall–Kier alpha value is -0.610. The van der Waals surface area contributed by atoms with Crippen LogP contribution < -0.4 is 11.1 Å². The molecule has 19 heavy (non-hydrogen) atoms. The number of primary amides is 1. The van der Waals surface area contributed by atoms with Crippen molar-refractivity contribution in [1.29, 1.82) is 0 Å². The molecule has 0 aromatic rings. The summed E-state index contributed by atoms with van der Waals surface area (Å²) in [5.41, 5.74) is 4.95. The van der Waals surface area contributed by atoms with Crippen LogP contribution in [0.15, 0.2) is 0 Å². The number of likely N-dealkylation sites (N-methyl/N-ethyl adjacent to an activating group) is 1. The molecule has 1 saturated heterocycles. The van der Waals surface area contributed by atoms with E-state index < -0.39 is 5.54 Å². The van der Waals surface area contributed by atoms with Gasteiger partial charge in [0.2, 0.25) is 5.91 Å². The van der Waals surface area contributed by atoms with E-state index >= 15 is 0 Å². The van der Waals surface area contributed by atoms with Crippen LogP contribution in [0.25, 0.3) is 0 Å². The molecule has 0 bridgehead atoms. The first-order chi connectivity index (χ1) is 8.89. The molecule has 0 aliphatic carbocycles. The van der Waals surface area contributed by atoms with E-state index in [0.717, 1.165) is 38.3 Å². The van der Waals surface area contributed by atoms with Gasteiger partial charge in [-0.3, -0.25) is 4.79 Å². The highest BCUT2D eigenvalue weighted by atomic mass is 16.1. The molecule has 3 unspecified atom stereocenters. The fraction of sp³-hybridized carbons (Fsp3) is 0.933. The Kier molecular flexibility index (Phi) is 6.27. The number of hydrogen-bond acceptors (Lipinski definition) is 3. The van der Waals surface area contributed by atoms with Crippen molar-refractivity contribution in [2.24, 2.45) is 11.7 Å². The molecule has 1 aliphatic heterocycles. The highest BCUT2D eigenvalue weighted by molar-refractivity contribution is 5.84. The number of hydrogen-bond donors (Lipinski definition) is 2. The first kappa shape index (κ1) is 16.4. The zero-order valence-electron chi connectivity index (χ0n) is 13.0. The highest BCUT2D eigenvalue weighted by Crippen LogP contribution is 2.23. The molecule has 1 aliphatic rings. The number of carbonyl (C=O) groups is 1. The number of carbonyl (C=O) groups excluding carboxylic acids is 1. The van der Waals surface area contributed by atoms with Crippen molar-refractivity contribution < 1.29 is 4.79 Å². The summed E-state index contributed by atoms with van der Waals surface area (Å²) in [4.78, 5) is 14.1. The number of nitrogens with one attached hydrogen (secondary N) is 1. The molecular formula is C15H31N3O. The van der Waals surface area contributed by atoms with Gasteiger partial charge in [0.25, 0.3) is 0 Å². The summed E-state index contributed by atoms with van der Waals surface area (Å²) < 4.78 is 0. The number of nitrogens with zero attached hydrogens (tertiary/aromatic N) is 1. The molecule has 0 saturated carbocycles. The topological polar surface area (TPSA) is 58.4 Å². The Morgan fingerprint density at radius 2 is 2.11 bits per heavy atom. The third-order valence-electron chi connectivity index (χ3n) is 4.40. The average molecular weight is 269 g/mol. The molecule has 0 aromatic heterocycles. The van der Waals surface area contributed by atoms with Gasteiger partial charge in [-0.25, -0.2) is 0 Å². The number of rotatable bonds is 8. The summed E-state index contributed by atoms with van der Waals surface area (Å²) in [7, 11) is 0. The molecule has 1 heterocycles. The quantitative estimate of drug-likeness (QED) is 0.660. The van der Waals surface area contributed by atoms with Crippen molar-refractivity contribution in [1.82, 2.24) is 10.2 Å². The summed E-state index contributed by atoms with van der Waals surface area (Å²) in [5, 5.41) is 3.21. The summed E-state index contributed by atoms with van der Waals surface area (Å²) in [5.74, 6) is 0.588. The lowest BCUT2D eigenvalue weighted by molar-refractivity contribution is -0.124. The standard InChI is InChI=1S/C15H31N3O/c1-5-17-15(4,14(16)19)8-6-7-9-18-11-12(2)10-13(18)3/h12-13,17H,5-11H2,1-4H3,(H2,16,19). The van der Waals surface area contributed by atoms with Gasteiger partial charge < -0.3 is 16.0 Å². The Morgan fingerprint density at radius 3 is 2.58 bits per heavy atom. The van der Waals surface area contributed by atoms with Crippen molar-refractivity contribution in [2.45, 2.75) is 65.0 Å². The monoisotopic (exact) mass is 269 g/mol. The Balaban J connectivity index is 2.27. The minimum absolute atomic E-state index is 0.238. The van der Waals surface area contributed by atoms with Crippen molar-refractivity contribution in [3.05, 3.63) is 0 Å². The maximum Gasteiger partial charge on any atom is 0.237 e. The maximum absolute atomic E-state index is 11.5. The van der Waals surface area contributed by atoms with Crippen LogP contribution in [-0.4, -0.2) is 42.0 Å². The molecule has 1 fully saturated rings. The van der Waals surface area contributed by atoms with Gasteiger partial charge in [-0.15, -0.1) is 0 Å². The van der Waals surface area contributed by atoms with Crippen LogP contribution in [0.4, 0.5) is 0 Å². The molecule has 0 radical (unpaired) electrons. The molecule has 1 amide bonds. The first-order valence-corrected chi connectivity index (χ1v) is 7.68. The second-order valence-electron chi connectivity index (χ2n) is 6.37. The zero-order chi connectivity index (χ0) is 14.5. The van der Waals surface area contributed by atoms with Gasteiger partial charge in [0.05, 0.1) is 5.54 Å². The third kappa shape index (κ3) is 4.77. The summed E-state index contributed by atoms with van der Waals surface area (Å²) in [6.45, 7) is 11.7. The van der Waals surface area contributed by atoms with Crippen LogP contribution in [0.2, 0.25) is 0 Å². The predicted molar refractivity (Wildman–Crippen MR) is 79.9 cm³/mol. The molecule has 0 aromatic carbocycles. The number of unbranched alkanes of at least 4 members (excludes halogenated alkanes) is 1. The Morgan fingerprint density at radius 1 is 1.42 bits per heavy atom. The lowest BCUT2D eigenvalue weighted by atomic mass is 9.94. The molecule has 112 valence electrons. The van der Waals surface area contributed by atoms with E-state index in [4.69, 9.17) is 5.73 Å². The van der Waals surface area contributed by atoms with E-state index in [0.29, 0.717) is 6.04 Å². The van der Waals surface area contributed by atoms with E-state index in [1.54, 1.807) is 0 Å². The van der Waals surface area contributed by atoms with Crippen LogP contribution in [0.1, 0.15) is 53.4 Å². The second kappa shape index (κ2) is 7.25. The van der Waals surface area contributed by atoms with Crippen molar-refractivity contribution in [2.75, 3.05) is 19.6 Å². The van der Waals surface area contributed by atoms with Gasteiger partial charge in [0, 0.05) is 12.6 Å². The summed E-state index contributed by atoms with van der Waals surface area (Å²) in [6, 6.07) is 0.714. The van der Waals surface area contributed by atoms with Crippen LogP contribution >= 0.6 is 0 Å². The van der Waals surface area contributed by atoms with Crippen molar-refractivity contribution >= 4 is 5.91 Å². The van der Waals surface area contributed by atoms with E-state index in [-0.39, 0.29) is 5.91 Å². The predicted octanol–water partition coefficient (Wildman–Crippen LogP) is 1.74. The molecular weight excluding hydrogens is 238 g/mol. The van der Waals surface area contributed by atoms with Gasteiger partial charge in [0.1, 0.15) is 0 Å². The minimum atomic E-state index is -0.543.